The lowest BCUT2D eigenvalue weighted by molar-refractivity contribution is -0.671. The molecule has 2 aromatic carbocycles. The fraction of sp³-hybridized carbons (Fsp3) is 0.100. The Bertz CT molecular complexity index is 840. The Morgan fingerprint density at radius 2 is 1.71 bits per heavy atom. The lowest BCUT2D eigenvalue weighted by atomic mass is 10.0. The minimum atomic E-state index is -0.124. The predicted molar refractivity (Wildman–Crippen MR) is 95.7 cm³/mol. The second-order valence-electron chi connectivity index (χ2n) is 5.83. The normalized spacial score (nSPS) is 10.4. The molecule has 0 saturated carbocycles. The molecule has 4 nitrogen and oxygen atoms in total. The van der Waals surface area contributed by atoms with Gasteiger partial charge in [0.2, 0.25) is 0 Å². The second-order valence-corrected chi connectivity index (χ2v) is 5.83. The molecule has 0 radical (unpaired) electrons. The molecule has 24 heavy (non-hydrogen) atoms. The summed E-state index contributed by atoms with van der Waals surface area (Å²) in [5.74, 6) is -0.124. The number of aromatic nitrogens is 1. The number of hydrogen-bond donors (Lipinski definition) is 2. The molecule has 0 aliphatic heterocycles. The summed E-state index contributed by atoms with van der Waals surface area (Å²) >= 11 is 0. The molecule has 0 atom stereocenters. The number of carbonyl (C=O) groups is 1. The number of rotatable bonds is 4. The van der Waals surface area contributed by atoms with E-state index in [4.69, 9.17) is 5.73 Å². The summed E-state index contributed by atoms with van der Waals surface area (Å²) in [5.41, 5.74) is 10.0. The minimum Gasteiger partial charge on any atom is -0.399 e. The molecule has 4 heteroatoms. The number of hydrogen-bond acceptors (Lipinski definition) is 2. The average molecular weight is 318 g/mol. The first kappa shape index (κ1) is 15.7. The molecular weight excluding hydrogens is 298 g/mol. The van der Waals surface area contributed by atoms with Crippen molar-refractivity contribution in [2.75, 3.05) is 11.1 Å². The number of nitrogens with zero attached hydrogens (tertiary/aromatic N) is 1. The summed E-state index contributed by atoms with van der Waals surface area (Å²) in [4.78, 5) is 12.4. The number of nitrogen functional groups attached to an aromatic ring is 1. The summed E-state index contributed by atoms with van der Waals surface area (Å²) < 4.78 is 2.00. The second kappa shape index (κ2) is 6.96. The van der Waals surface area contributed by atoms with Crippen molar-refractivity contribution in [1.29, 1.82) is 0 Å². The van der Waals surface area contributed by atoms with Gasteiger partial charge in [0.15, 0.2) is 12.4 Å². The number of nitrogens with one attached hydrogen (secondary N) is 1. The summed E-state index contributed by atoms with van der Waals surface area (Å²) in [5, 5.41) is 2.89. The third-order valence-corrected chi connectivity index (χ3v) is 3.81. The van der Waals surface area contributed by atoms with Crippen LogP contribution < -0.4 is 15.6 Å². The highest BCUT2D eigenvalue weighted by Gasteiger charge is 2.07. The number of aryl methyl sites for hydroxylation is 1. The van der Waals surface area contributed by atoms with Crippen LogP contribution in [0.1, 0.15) is 21.5 Å². The molecule has 3 rings (SSSR count). The van der Waals surface area contributed by atoms with Gasteiger partial charge >= 0.3 is 0 Å². The van der Waals surface area contributed by atoms with Crippen molar-refractivity contribution in [3.63, 3.8) is 0 Å². The molecule has 1 amide bonds. The van der Waals surface area contributed by atoms with E-state index in [1.54, 1.807) is 24.3 Å². The smallest absolute Gasteiger partial charge is 0.255 e. The third-order valence-electron chi connectivity index (χ3n) is 3.81. The van der Waals surface area contributed by atoms with Gasteiger partial charge in [-0.1, -0.05) is 12.1 Å². The van der Waals surface area contributed by atoms with Gasteiger partial charge in [-0.3, -0.25) is 4.79 Å². The Balaban J connectivity index is 1.73. The maximum Gasteiger partial charge on any atom is 0.255 e. The monoisotopic (exact) mass is 318 g/mol. The first-order valence-corrected chi connectivity index (χ1v) is 7.80. The molecule has 3 aromatic rings. The lowest BCUT2D eigenvalue weighted by Crippen LogP contribution is -2.25. The number of benzene rings is 2. The van der Waals surface area contributed by atoms with Crippen LogP contribution in [0, 0.1) is 0 Å². The Morgan fingerprint density at radius 3 is 2.42 bits per heavy atom. The Morgan fingerprint density at radius 1 is 1.00 bits per heavy atom. The molecule has 1 aromatic heterocycles. The molecule has 0 aliphatic rings. The van der Waals surface area contributed by atoms with Crippen LogP contribution in [-0.2, 0) is 13.5 Å². The molecule has 0 bridgehead atoms. The molecule has 0 unspecified atom stereocenters. The first-order chi connectivity index (χ1) is 11.6. The van der Waals surface area contributed by atoms with E-state index in [1.165, 1.54) is 5.56 Å². The minimum absolute atomic E-state index is 0.124. The Kier molecular flexibility index (Phi) is 4.57. The maximum absolute atomic E-state index is 12.4. The fourth-order valence-corrected chi connectivity index (χ4v) is 2.48. The van der Waals surface area contributed by atoms with E-state index in [0.29, 0.717) is 11.3 Å². The first-order valence-electron chi connectivity index (χ1n) is 7.80. The van der Waals surface area contributed by atoms with Crippen LogP contribution in [0.25, 0.3) is 0 Å². The van der Waals surface area contributed by atoms with E-state index < -0.39 is 0 Å². The number of nitrogens with two attached hydrogens (primary N) is 1. The highest BCUT2D eigenvalue weighted by atomic mass is 16.1. The molecule has 120 valence electrons. The number of anilines is 2. The molecular formula is C20H20N3O+. The SMILES string of the molecule is C[n+]1ccc(Cc2cccc(C(=O)Nc3ccc(N)cc3)c2)cc1. The van der Waals surface area contributed by atoms with Crippen LogP contribution in [-0.4, -0.2) is 5.91 Å². The van der Waals surface area contributed by atoms with Crippen LogP contribution in [0.4, 0.5) is 11.4 Å². The molecule has 0 spiro atoms. The van der Waals surface area contributed by atoms with Crippen molar-refractivity contribution >= 4 is 17.3 Å². The van der Waals surface area contributed by atoms with Crippen molar-refractivity contribution in [1.82, 2.24) is 0 Å². The summed E-state index contributed by atoms with van der Waals surface area (Å²) in [6, 6.07) is 19.0. The number of amides is 1. The summed E-state index contributed by atoms with van der Waals surface area (Å²) in [6.45, 7) is 0. The Hall–Kier alpha value is -3.14. The van der Waals surface area contributed by atoms with Gasteiger partial charge in [0.25, 0.3) is 5.91 Å². The van der Waals surface area contributed by atoms with Crippen LogP contribution in [0.15, 0.2) is 73.1 Å². The molecule has 0 fully saturated rings. The van der Waals surface area contributed by atoms with Gasteiger partial charge in [0.05, 0.1) is 0 Å². The zero-order valence-corrected chi connectivity index (χ0v) is 13.6. The standard InChI is InChI=1S/C20H19N3O/c1-23-11-9-15(10-12-23)13-16-3-2-4-17(14-16)20(24)22-19-7-5-18(21)6-8-19/h2-12,14H,13,21H2,1H3/p+1. The largest absolute Gasteiger partial charge is 0.399 e. The van der Waals surface area contributed by atoms with Gasteiger partial charge in [-0.05, 0) is 53.9 Å². The molecule has 0 saturated heterocycles. The van der Waals surface area contributed by atoms with E-state index in [0.717, 1.165) is 17.7 Å². The van der Waals surface area contributed by atoms with Crippen molar-refractivity contribution in [2.45, 2.75) is 6.42 Å². The zero-order chi connectivity index (χ0) is 16.9. The lowest BCUT2D eigenvalue weighted by Gasteiger charge is -2.07. The summed E-state index contributed by atoms with van der Waals surface area (Å²) in [7, 11) is 1.99. The average Bonchev–Trinajstić information content (AvgIpc) is 2.59. The van der Waals surface area contributed by atoms with Gasteiger partial charge in [-0.15, -0.1) is 0 Å². The number of pyridine rings is 1. The van der Waals surface area contributed by atoms with Crippen molar-refractivity contribution in [3.8, 4) is 0 Å². The van der Waals surface area contributed by atoms with Crippen LogP contribution in [0.5, 0.6) is 0 Å². The van der Waals surface area contributed by atoms with Gasteiger partial charge in [0, 0.05) is 29.1 Å². The van der Waals surface area contributed by atoms with Gasteiger partial charge < -0.3 is 11.1 Å². The topological polar surface area (TPSA) is 59.0 Å². The van der Waals surface area contributed by atoms with Gasteiger partial charge in [0.1, 0.15) is 7.05 Å². The quantitative estimate of drug-likeness (QED) is 0.574. The van der Waals surface area contributed by atoms with E-state index in [1.807, 2.05) is 48.3 Å². The third kappa shape index (κ3) is 3.98. The van der Waals surface area contributed by atoms with E-state index >= 15 is 0 Å². The predicted octanol–water partition coefficient (Wildman–Crippen LogP) is 2.94. The maximum atomic E-state index is 12.4. The fourth-order valence-electron chi connectivity index (χ4n) is 2.48. The van der Waals surface area contributed by atoms with Crippen molar-refractivity contribution in [2.24, 2.45) is 7.05 Å². The van der Waals surface area contributed by atoms with Crippen LogP contribution >= 0.6 is 0 Å². The Labute approximate surface area is 141 Å². The summed E-state index contributed by atoms with van der Waals surface area (Å²) in [6.07, 6.45) is 4.84. The molecule has 0 aliphatic carbocycles. The van der Waals surface area contributed by atoms with Crippen LogP contribution in [0.2, 0.25) is 0 Å². The number of carbonyl (C=O) groups excluding carboxylic acids is 1. The van der Waals surface area contributed by atoms with E-state index in [2.05, 4.69) is 17.4 Å². The highest BCUT2D eigenvalue weighted by Crippen LogP contribution is 2.14. The van der Waals surface area contributed by atoms with E-state index in [-0.39, 0.29) is 5.91 Å². The zero-order valence-electron chi connectivity index (χ0n) is 13.6. The van der Waals surface area contributed by atoms with Crippen molar-refractivity contribution < 1.29 is 9.36 Å². The van der Waals surface area contributed by atoms with Gasteiger partial charge in [-0.2, -0.15) is 0 Å². The van der Waals surface area contributed by atoms with E-state index in [9.17, 15) is 4.79 Å². The molecule has 1 heterocycles. The van der Waals surface area contributed by atoms with Crippen molar-refractivity contribution in [3.05, 3.63) is 89.7 Å². The van der Waals surface area contributed by atoms with Crippen LogP contribution in [0.3, 0.4) is 0 Å². The molecule has 3 N–H and O–H groups in total. The van der Waals surface area contributed by atoms with Gasteiger partial charge in [-0.25, -0.2) is 4.57 Å². The highest BCUT2D eigenvalue weighted by molar-refractivity contribution is 6.04.